The molecule has 12 aromatic rings. The minimum atomic E-state index is -4.80. The topological polar surface area (TPSA) is 56.5 Å². The summed E-state index contributed by atoms with van der Waals surface area (Å²) in [6.07, 6.45) is -4.80. The van der Waals surface area contributed by atoms with E-state index in [-0.39, 0.29) is 17.0 Å². The molecular formula is C67H48F3N5. The van der Waals surface area contributed by atoms with Crippen LogP contribution in [0, 0.1) is 27.7 Å². The zero-order valence-electron chi connectivity index (χ0n) is 41.7. The Morgan fingerprint density at radius 3 is 1.17 bits per heavy atom. The largest absolute Gasteiger partial charge is 0.416 e. The number of fused-ring (bicyclic) bond motifs is 3. The van der Waals surface area contributed by atoms with E-state index >= 15 is 13.2 Å². The van der Waals surface area contributed by atoms with Gasteiger partial charge in [0.15, 0.2) is 11.6 Å². The van der Waals surface area contributed by atoms with E-state index in [1.54, 1.807) is 6.07 Å². The molecule has 12 rings (SSSR count). The summed E-state index contributed by atoms with van der Waals surface area (Å²) in [6, 6.07) is 70.4. The summed E-state index contributed by atoms with van der Waals surface area (Å²) in [5.41, 5.74) is 15.1. The molecule has 0 spiro atoms. The molecule has 0 aliphatic rings. The maximum absolute atomic E-state index is 16.1. The maximum Gasteiger partial charge on any atom is 0.416 e. The molecule has 0 radical (unpaired) electrons. The third-order valence-corrected chi connectivity index (χ3v) is 14.0. The zero-order valence-corrected chi connectivity index (χ0v) is 41.7. The van der Waals surface area contributed by atoms with Gasteiger partial charge in [-0.2, -0.15) is 13.2 Å². The minimum absolute atomic E-state index is 0.115. The van der Waals surface area contributed by atoms with Crippen LogP contribution in [-0.2, 0) is 6.18 Å². The van der Waals surface area contributed by atoms with Crippen molar-refractivity contribution in [2.45, 2.75) is 33.9 Å². The van der Waals surface area contributed by atoms with Gasteiger partial charge in [0.25, 0.3) is 0 Å². The molecule has 9 aromatic carbocycles. The van der Waals surface area contributed by atoms with E-state index in [1.807, 2.05) is 127 Å². The third kappa shape index (κ3) is 8.95. The van der Waals surface area contributed by atoms with Crippen LogP contribution >= 0.6 is 0 Å². The molecule has 0 atom stereocenters. The van der Waals surface area contributed by atoms with Gasteiger partial charge < -0.3 is 4.57 Å². The van der Waals surface area contributed by atoms with Crippen LogP contribution in [0.3, 0.4) is 0 Å². The molecule has 5 nitrogen and oxygen atoms in total. The van der Waals surface area contributed by atoms with Crippen molar-refractivity contribution in [2.75, 3.05) is 0 Å². The molecule has 0 aliphatic carbocycles. The summed E-state index contributed by atoms with van der Waals surface area (Å²) in [4.78, 5) is 20.9. The summed E-state index contributed by atoms with van der Waals surface area (Å²) < 4.78 is 50.3. The Morgan fingerprint density at radius 2 is 0.733 bits per heavy atom. The highest BCUT2D eigenvalue weighted by Crippen LogP contribution is 2.47. The number of benzene rings is 9. The van der Waals surface area contributed by atoms with Gasteiger partial charge in [0, 0.05) is 44.2 Å². The van der Waals surface area contributed by atoms with Gasteiger partial charge in [-0.3, -0.25) is 0 Å². The van der Waals surface area contributed by atoms with Gasteiger partial charge in [0.05, 0.1) is 45.1 Å². The second-order valence-electron chi connectivity index (χ2n) is 19.2. The third-order valence-electron chi connectivity index (χ3n) is 14.0. The lowest BCUT2D eigenvalue weighted by Gasteiger charge is -2.22. The van der Waals surface area contributed by atoms with Crippen LogP contribution in [0.5, 0.6) is 0 Å². The Bertz CT molecular complexity index is 3760. The Morgan fingerprint density at radius 1 is 0.333 bits per heavy atom. The van der Waals surface area contributed by atoms with Gasteiger partial charge in [0.2, 0.25) is 0 Å². The standard InChI is InChI=1S/C67H48F3N5/c1-41-25-29-52(43(3)33-41)49-27-31-54-55-32-28-50(53-30-26-42(2)34-44(53)4)36-63(55)75(62(54)35-49)64-56(61-40-60(47-21-13-7-14-22-47)71-65(74-61)48-23-15-8-16-24-48)37-51(67(68,69)70)38-57(64)66-72-58(45-17-9-5-10-18-45)39-59(73-66)46-19-11-6-12-20-46/h5-40H,1-4H3. The molecule has 0 saturated heterocycles. The molecule has 362 valence electrons. The van der Waals surface area contributed by atoms with Crippen molar-refractivity contribution < 1.29 is 13.2 Å². The molecule has 0 amide bonds. The first kappa shape index (κ1) is 46.8. The molecule has 0 aliphatic heterocycles. The Balaban J connectivity index is 1.28. The van der Waals surface area contributed by atoms with Crippen molar-refractivity contribution in [3.63, 3.8) is 0 Å². The van der Waals surface area contributed by atoms with Crippen LogP contribution in [0.25, 0.3) is 118 Å². The first-order valence-corrected chi connectivity index (χ1v) is 24.9. The van der Waals surface area contributed by atoms with E-state index in [0.29, 0.717) is 39.9 Å². The van der Waals surface area contributed by atoms with Gasteiger partial charge >= 0.3 is 6.18 Å². The number of alkyl halides is 3. The molecule has 3 aromatic heterocycles. The number of aromatic nitrogens is 5. The molecule has 0 N–H and O–H groups in total. The molecule has 3 heterocycles. The lowest BCUT2D eigenvalue weighted by atomic mass is 9.96. The van der Waals surface area contributed by atoms with Crippen LogP contribution in [0.1, 0.15) is 27.8 Å². The molecular weight excluding hydrogens is 932 g/mol. The number of aryl methyl sites for hydroxylation is 4. The fraction of sp³-hybridized carbons (Fsp3) is 0.0746. The fourth-order valence-corrected chi connectivity index (χ4v) is 10.4. The number of halogens is 3. The summed E-state index contributed by atoms with van der Waals surface area (Å²) in [5.74, 6) is 0.478. The molecule has 0 unspecified atom stereocenters. The summed E-state index contributed by atoms with van der Waals surface area (Å²) in [6.45, 7) is 8.37. The van der Waals surface area contributed by atoms with Crippen LogP contribution in [0.4, 0.5) is 13.2 Å². The summed E-state index contributed by atoms with van der Waals surface area (Å²) in [7, 11) is 0. The van der Waals surface area contributed by atoms with Gasteiger partial charge in [0.1, 0.15) is 0 Å². The highest BCUT2D eigenvalue weighted by Gasteiger charge is 2.35. The predicted octanol–water partition coefficient (Wildman–Crippen LogP) is 18.0. The van der Waals surface area contributed by atoms with Crippen molar-refractivity contribution in [1.82, 2.24) is 24.5 Å². The zero-order chi connectivity index (χ0) is 51.4. The molecule has 0 fully saturated rings. The Kier molecular flexibility index (Phi) is 11.8. The normalized spacial score (nSPS) is 11.7. The Labute approximate surface area is 433 Å². The molecule has 0 saturated carbocycles. The summed E-state index contributed by atoms with van der Waals surface area (Å²) >= 11 is 0. The van der Waals surface area contributed by atoms with Crippen LogP contribution in [-0.4, -0.2) is 24.5 Å². The number of rotatable bonds is 9. The second kappa shape index (κ2) is 19.0. The lowest BCUT2D eigenvalue weighted by Crippen LogP contribution is -2.11. The van der Waals surface area contributed by atoms with E-state index in [4.69, 9.17) is 19.9 Å². The first-order valence-electron chi connectivity index (χ1n) is 24.9. The van der Waals surface area contributed by atoms with Crippen molar-refractivity contribution >= 4 is 21.8 Å². The SMILES string of the molecule is Cc1ccc(-c2ccc3c4ccc(-c5ccc(C)cc5C)cc4n(-c4c(-c5cc(-c6ccccc6)nc(-c6ccccc6)n5)cc(C(F)(F)F)cc4-c4nc(-c5ccccc5)cc(-c5ccccc5)n4)c3c2)c(C)c1. The Hall–Kier alpha value is -9.27. The van der Waals surface area contributed by atoms with Crippen LogP contribution in [0.15, 0.2) is 218 Å². The van der Waals surface area contributed by atoms with Crippen molar-refractivity contribution in [1.29, 1.82) is 0 Å². The number of nitrogens with zero attached hydrogens (tertiary/aromatic N) is 5. The highest BCUT2D eigenvalue weighted by molar-refractivity contribution is 6.12. The summed E-state index contributed by atoms with van der Waals surface area (Å²) in [5, 5.41) is 1.84. The average molecular weight is 980 g/mol. The van der Waals surface area contributed by atoms with Crippen molar-refractivity contribution in [3.05, 3.63) is 246 Å². The van der Waals surface area contributed by atoms with Gasteiger partial charge in [-0.15, -0.1) is 0 Å². The average Bonchev–Trinajstić information content (AvgIpc) is 3.77. The molecule has 0 bridgehead atoms. The van der Waals surface area contributed by atoms with Gasteiger partial charge in [-0.25, -0.2) is 19.9 Å². The minimum Gasteiger partial charge on any atom is -0.308 e. The van der Waals surface area contributed by atoms with E-state index in [1.165, 1.54) is 12.1 Å². The molecule has 75 heavy (non-hydrogen) atoms. The molecule has 8 heteroatoms. The van der Waals surface area contributed by atoms with E-state index in [0.717, 1.165) is 83.0 Å². The second-order valence-corrected chi connectivity index (χ2v) is 19.2. The maximum atomic E-state index is 16.1. The van der Waals surface area contributed by atoms with E-state index in [9.17, 15) is 0 Å². The van der Waals surface area contributed by atoms with Crippen LogP contribution in [0.2, 0.25) is 0 Å². The van der Waals surface area contributed by atoms with Crippen LogP contribution < -0.4 is 0 Å². The number of hydrogen-bond donors (Lipinski definition) is 0. The monoisotopic (exact) mass is 979 g/mol. The first-order chi connectivity index (χ1) is 36.4. The van der Waals surface area contributed by atoms with Crippen molar-refractivity contribution in [2.24, 2.45) is 0 Å². The highest BCUT2D eigenvalue weighted by atomic mass is 19.4. The number of hydrogen-bond acceptors (Lipinski definition) is 4. The fourth-order valence-electron chi connectivity index (χ4n) is 10.4. The lowest BCUT2D eigenvalue weighted by molar-refractivity contribution is -0.137. The van der Waals surface area contributed by atoms with Crippen molar-refractivity contribution in [3.8, 4) is 95.7 Å². The smallest absolute Gasteiger partial charge is 0.308 e. The quantitative estimate of drug-likeness (QED) is 0.145. The van der Waals surface area contributed by atoms with Gasteiger partial charge in [-0.05, 0) is 97.5 Å². The van der Waals surface area contributed by atoms with Gasteiger partial charge in [-0.1, -0.05) is 193 Å². The van der Waals surface area contributed by atoms with E-state index in [2.05, 4.69) is 105 Å². The van der Waals surface area contributed by atoms with E-state index < -0.39 is 11.7 Å². The predicted molar refractivity (Wildman–Crippen MR) is 299 cm³/mol.